The molecule has 2 fully saturated rings. The molecular weight excluding hydrogens is 248 g/mol. The standard InChI is InChI=1S/C13H26N2O2S/c1-14-8-4-13-5-9-15(10-6-13)18(16,17)11-7-12-2-3-12/h12-14H,2-11H2,1H3. The quantitative estimate of drug-likeness (QED) is 0.764. The predicted molar refractivity (Wildman–Crippen MR) is 74.0 cm³/mol. The molecule has 1 N–H and O–H groups in total. The van der Waals surface area contributed by atoms with Crippen LogP contribution in [-0.2, 0) is 10.0 Å². The molecule has 0 atom stereocenters. The largest absolute Gasteiger partial charge is 0.320 e. The highest BCUT2D eigenvalue weighted by atomic mass is 32.2. The molecule has 0 spiro atoms. The summed E-state index contributed by atoms with van der Waals surface area (Å²) in [6, 6.07) is 0. The van der Waals surface area contributed by atoms with Gasteiger partial charge in [-0.25, -0.2) is 12.7 Å². The minimum absolute atomic E-state index is 0.374. The molecule has 0 radical (unpaired) electrons. The number of hydrogen-bond acceptors (Lipinski definition) is 3. The molecule has 1 aliphatic carbocycles. The van der Waals surface area contributed by atoms with Crippen molar-refractivity contribution in [1.82, 2.24) is 9.62 Å². The summed E-state index contributed by atoms with van der Waals surface area (Å²) in [7, 11) is -0.995. The summed E-state index contributed by atoms with van der Waals surface area (Å²) in [5.74, 6) is 1.78. The first-order valence-corrected chi connectivity index (χ1v) is 8.85. The van der Waals surface area contributed by atoms with Gasteiger partial charge in [0.25, 0.3) is 0 Å². The van der Waals surface area contributed by atoms with Crippen LogP contribution in [0, 0.1) is 11.8 Å². The highest BCUT2D eigenvalue weighted by Gasteiger charge is 2.30. The predicted octanol–water partition coefficient (Wildman–Crippen LogP) is 1.44. The molecule has 4 nitrogen and oxygen atoms in total. The Labute approximate surface area is 111 Å². The van der Waals surface area contributed by atoms with E-state index in [0.717, 1.165) is 38.9 Å². The van der Waals surface area contributed by atoms with Gasteiger partial charge >= 0.3 is 0 Å². The second-order valence-electron chi connectivity index (χ2n) is 5.78. The van der Waals surface area contributed by atoms with Crippen molar-refractivity contribution < 1.29 is 8.42 Å². The summed E-state index contributed by atoms with van der Waals surface area (Å²) in [5.41, 5.74) is 0. The number of rotatable bonds is 7. The molecule has 5 heteroatoms. The van der Waals surface area contributed by atoms with Crippen molar-refractivity contribution in [2.24, 2.45) is 11.8 Å². The Bertz CT molecular complexity index is 344. The Morgan fingerprint density at radius 2 is 1.67 bits per heavy atom. The van der Waals surface area contributed by atoms with E-state index in [-0.39, 0.29) is 0 Å². The van der Waals surface area contributed by atoms with Crippen molar-refractivity contribution in [2.45, 2.75) is 38.5 Å². The summed E-state index contributed by atoms with van der Waals surface area (Å²) < 4.78 is 26.0. The lowest BCUT2D eigenvalue weighted by atomic mass is 9.95. The van der Waals surface area contributed by atoms with Crippen LogP contribution in [0.15, 0.2) is 0 Å². The summed E-state index contributed by atoms with van der Waals surface area (Å²) in [6.07, 6.45) is 6.59. The molecule has 0 bridgehead atoms. The van der Waals surface area contributed by atoms with Gasteiger partial charge in [0, 0.05) is 13.1 Å². The van der Waals surface area contributed by atoms with Gasteiger partial charge in [0.2, 0.25) is 10.0 Å². The molecule has 0 aromatic heterocycles. The van der Waals surface area contributed by atoms with Gasteiger partial charge in [-0.2, -0.15) is 0 Å². The fourth-order valence-electron chi connectivity index (χ4n) is 2.68. The van der Waals surface area contributed by atoms with E-state index < -0.39 is 10.0 Å². The van der Waals surface area contributed by atoms with Crippen LogP contribution in [0.1, 0.15) is 38.5 Å². The Balaban J connectivity index is 1.73. The second-order valence-corrected chi connectivity index (χ2v) is 7.87. The molecule has 18 heavy (non-hydrogen) atoms. The minimum Gasteiger partial charge on any atom is -0.320 e. The summed E-state index contributed by atoms with van der Waals surface area (Å²) in [4.78, 5) is 0. The van der Waals surface area contributed by atoms with Crippen LogP contribution >= 0.6 is 0 Å². The monoisotopic (exact) mass is 274 g/mol. The van der Waals surface area contributed by atoms with Crippen LogP contribution in [-0.4, -0.2) is 45.2 Å². The van der Waals surface area contributed by atoms with Crippen molar-refractivity contribution in [3.05, 3.63) is 0 Å². The second kappa shape index (κ2) is 6.35. The van der Waals surface area contributed by atoms with E-state index in [1.165, 1.54) is 19.3 Å². The van der Waals surface area contributed by atoms with Crippen LogP contribution in [0.3, 0.4) is 0 Å². The van der Waals surface area contributed by atoms with Gasteiger partial charge in [0.05, 0.1) is 5.75 Å². The van der Waals surface area contributed by atoms with E-state index in [2.05, 4.69) is 5.32 Å². The van der Waals surface area contributed by atoms with E-state index >= 15 is 0 Å². The molecule has 2 rings (SSSR count). The topological polar surface area (TPSA) is 49.4 Å². The minimum atomic E-state index is -2.96. The molecule has 1 aliphatic heterocycles. The van der Waals surface area contributed by atoms with E-state index in [9.17, 15) is 8.42 Å². The van der Waals surface area contributed by atoms with Crippen molar-refractivity contribution >= 4 is 10.0 Å². The summed E-state index contributed by atoms with van der Waals surface area (Å²) in [5, 5.41) is 3.16. The van der Waals surface area contributed by atoms with Crippen LogP contribution in [0.25, 0.3) is 0 Å². The fourth-order valence-corrected chi connectivity index (χ4v) is 4.33. The Kier molecular flexibility index (Phi) is 5.04. The maximum absolute atomic E-state index is 12.2. The highest BCUT2D eigenvalue weighted by Crippen LogP contribution is 2.33. The van der Waals surface area contributed by atoms with Gasteiger partial charge in [0.15, 0.2) is 0 Å². The third kappa shape index (κ3) is 4.21. The average Bonchev–Trinajstić information content (AvgIpc) is 3.19. The normalized spacial score (nSPS) is 23.4. The Morgan fingerprint density at radius 1 is 1.06 bits per heavy atom. The van der Waals surface area contributed by atoms with Crippen LogP contribution in [0.5, 0.6) is 0 Å². The first-order chi connectivity index (χ1) is 8.62. The highest BCUT2D eigenvalue weighted by molar-refractivity contribution is 7.89. The number of hydrogen-bond donors (Lipinski definition) is 1. The van der Waals surface area contributed by atoms with E-state index in [4.69, 9.17) is 0 Å². The molecule has 0 aromatic carbocycles. The molecule has 1 saturated carbocycles. The maximum Gasteiger partial charge on any atom is 0.214 e. The zero-order valence-electron chi connectivity index (χ0n) is 11.4. The van der Waals surface area contributed by atoms with Gasteiger partial charge in [-0.1, -0.05) is 12.8 Å². The van der Waals surface area contributed by atoms with Crippen molar-refractivity contribution in [2.75, 3.05) is 32.4 Å². The van der Waals surface area contributed by atoms with Crippen molar-refractivity contribution in [3.8, 4) is 0 Å². The molecule has 0 aromatic rings. The van der Waals surface area contributed by atoms with Crippen LogP contribution in [0.4, 0.5) is 0 Å². The Morgan fingerprint density at radius 3 is 2.22 bits per heavy atom. The molecule has 106 valence electrons. The van der Waals surface area contributed by atoms with Gasteiger partial charge in [0.1, 0.15) is 0 Å². The third-order valence-corrected chi connectivity index (χ3v) is 6.15. The van der Waals surface area contributed by atoms with Gasteiger partial charge in [-0.15, -0.1) is 0 Å². The van der Waals surface area contributed by atoms with Crippen LogP contribution < -0.4 is 5.32 Å². The number of nitrogens with zero attached hydrogens (tertiary/aromatic N) is 1. The van der Waals surface area contributed by atoms with E-state index in [1.807, 2.05) is 7.05 Å². The van der Waals surface area contributed by atoms with Crippen molar-refractivity contribution in [1.29, 1.82) is 0 Å². The Hall–Kier alpha value is -0.130. The molecule has 1 saturated heterocycles. The smallest absolute Gasteiger partial charge is 0.214 e. The van der Waals surface area contributed by atoms with Gasteiger partial charge in [-0.05, 0) is 51.1 Å². The number of nitrogens with one attached hydrogen (secondary N) is 1. The average molecular weight is 274 g/mol. The van der Waals surface area contributed by atoms with Crippen LogP contribution in [0.2, 0.25) is 0 Å². The van der Waals surface area contributed by atoms with E-state index in [0.29, 0.717) is 17.6 Å². The molecule has 1 heterocycles. The maximum atomic E-state index is 12.2. The third-order valence-electron chi connectivity index (χ3n) is 4.25. The van der Waals surface area contributed by atoms with E-state index in [1.54, 1.807) is 4.31 Å². The van der Waals surface area contributed by atoms with Crippen molar-refractivity contribution in [3.63, 3.8) is 0 Å². The summed E-state index contributed by atoms with van der Waals surface area (Å²) in [6.45, 7) is 2.52. The first kappa shape index (κ1) is 14.3. The lowest BCUT2D eigenvalue weighted by molar-refractivity contribution is 0.263. The molecular formula is C13H26N2O2S. The fraction of sp³-hybridized carbons (Fsp3) is 1.00. The lowest BCUT2D eigenvalue weighted by Crippen LogP contribution is -2.40. The molecule has 0 unspecified atom stereocenters. The molecule has 2 aliphatic rings. The number of piperidine rings is 1. The first-order valence-electron chi connectivity index (χ1n) is 7.24. The van der Waals surface area contributed by atoms with Gasteiger partial charge < -0.3 is 5.32 Å². The lowest BCUT2D eigenvalue weighted by Gasteiger charge is -2.31. The SMILES string of the molecule is CNCCC1CCN(S(=O)(=O)CCC2CC2)CC1. The van der Waals surface area contributed by atoms with Gasteiger partial charge in [-0.3, -0.25) is 0 Å². The molecule has 0 amide bonds. The number of sulfonamides is 1. The summed E-state index contributed by atoms with van der Waals surface area (Å²) >= 11 is 0. The zero-order chi connectivity index (χ0) is 13.0. The zero-order valence-corrected chi connectivity index (χ0v) is 12.2.